The fourth-order valence-electron chi connectivity index (χ4n) is 1.77. The van der Waals surface area contributed by atoms with Gasteiger partial charge in [0.2, 0.25) is 0 Å². The SMILES string of the molecule is CC(C)C1CN(Cc2cnc[nH]2)C1. The molecule has 0 aromatic carbocycles. The topological polar surface area (TPSA) is 31.9 Å². The van der Waals surface area contributed by atoms with Gasteiger partial charge in [0.05, 0.1) is 6.33 Å². The lowest BCUT2D eigenvalue weighted by Crippen LogP contribution is -2.48. The van der Waals surface area contributed by atoms with E-state index in [-0.39, 0.29) is 0 Å². The van der Waals surface area contributed by atoms with Crippen LogP contribution in [0.1, 0.15) is 19.5 Å². The number of H-pyrrole nitrogens is 1. The largest absolute Gasteiger partial charge is 0.347 e. The Balaban J connectivity index is 1.76. The third-order valence-corrected chi connectivity index (χ3v) is 2.88. The number of hydrogen-bond donors (Lipinski definition) is 1. The summed E-state index contributed by atoms with van der Waals surface area (Å²) in [6, 6.07) is 0. The van der Waals surface area contributed by atoms with E-state index in [0.717, 1.165) is 18.4 Å². The molecule has 2 rings (SSSR count). The minimum atomic E-state index is 0.831. The molecule has 0 unspecified atom stereocenters. The van der Waals surface area contributed by atoms with Crippen molar-refractivity contribution in [3.8, 4) is 0 Å². The fourth-order valence-corrected chi connectivity index (χ4v) is 1.77. The summed E-state index contributed by atoms with van der Waals surface area (Å²) in [5.74, 6) is 1.74. The fraction of sp³-hybridized carbons (Fsp3) is 0.700. The third kappa shape index (κ3) is 1.91. The van der Waals surface area contributed by atoms with Crippen molar-refractivity contribution in [1.29, 1.82) is 0 Å². The van der Waals surface area contributed by atoms with Crippen molar-refractivity contribution < 1.29 is 0 Å². The Labute approximate surface area is 79.2 Å². The summed E-state index contributed by atoms with van der Waals surface area (Å²) >= 11 is 0. The summed E-state index contributed by atoms with van der Waals surface area (Å²) in [5.41, 5.74) is 1.22. The lowest BCUT2D eigenvalue weighted by Gasteiger charge is -2.41. The minimum absolute atomic E-state index is 0.831. The van der Waals surface area contributed by atoms with Crippen LogP contribution >= 0.6 is 0 Å². The van der Waals surface area contributed by atoms with Gasteiger partial charge in [-0.3, -0.25) is 4.90 Å². The maximum atomic E-state index is 4.01. The first-order valence-electron chi connectivity index (χ1n) is 4.95. The molecule has 72 valence electrons. The highest BCUT2D eigenvalue weighted by molar-refractivity contribution is 4.96. The number of imidazole rings is 1. The Morgan fingerprint density at radius 3 is 2.92 bits per heavy atom. The number of hydrogen-bond acceptors (Lipinski definition) is 2. The van der Waals surface area contributed by atoms with Crippen LogP contribution in [0.4, 0.5) is 0 Å². The number of rotatable bonds is 3. The second-order valence-electron chi connectivity index (χ2n) is 4.28. The molecular formula is C10H17N3. The molecule has 1 aliphatic heterocycles. The molecular weight excluding hydrogens is 162 g/mol. The molecule has 0 atom stereocenters. The van der Waals surface area contributed by atoms with Crippen LogP contribution in [0.3, 0.4) is 0 Å². The van der Waals surface area contributed by atoms with Gasteiger partial charge in [-0.1, -0.05) is 13.8 Å². The predicted molar refractivity (Wildman–Crippen MR) is 52.2 cm³/mol. The Morgan fingerprint density at radius 2 is 2.38 bits per heavy atom. The van der Waals surface area contributed by atoms with E-state index in [1.54, 1.807) is 6.33 Å². The van der Waals surface area contributed by atoms with Gasteiger partial charge in [0.15, 0.2) is 0 Å². The zero-order chi connectivity index (χ0) is 9.26. The van der Waals surface area contributed by atoms with E-state index in [2.05, 4.69) is 28.7 Å². The van der Waals surface area contributed by atoms with Gasteiger partial charge in [-0.15, -0.1) is 0 Å². The monoisotopic (exact) mass is 179 g/mol. The van der Waals surface area contributed by atoms with Gasteiger partial charge in [0.1, 0.15) is 0 Å². The predicted octanol–water partition coefficient (Wildman–Crippen LogP) is 1.50. The van der Waals surface area contributed by atoms with E-state index in [1.165, 1.54) is 18.8 Å². The Kier molecular flexibility index (Phi) is 2.36. The van der Waals surface area contributed by atoms with Crippen LogP contribution in [0, 0.1) is 11.8 Å². The first-order valence-corrected chi connectivity index (χ1v) is 4.95. The molecule has 1 aromatic heterocycles. The van der Waals surface area contributed by atoms with Crippen LogP contribution in [0.2, 0.25) is 0 Å². The van der Waals surface area contributed by atoms with Crippen molar-refractivity contribution in [3.05, 3.63) is 18.2 Å². The summed E-state index contributed by atoms with van der Waals surface area (Å²) in [6.45, 7) is 8.13. The Hall–Kier alpha value is -0.830. The van der Waals surface area contributed by atoms with Gasteiger partial charge < -0.3 is 4.98 Å². The highest BCUT2D eigenvalue weighted by atomic mass is 15.2. The number of aromatic amines is 1. The normalized spacial score (nSPS) is 19.3. The molecule has 0 saturated carbocycles. The lowest BCUT2D eigenvalue weighted by molar-refractivity contribution is 0.0604. The van der Waals surface area contributed by atoms with E-state index < -0.39 is 0 Å². The highest BCUT2D eigenvalue weighted by Crippen LogP contribution is 2.24. The smallest absolute Gasteiger partial charge is 0.0922 e. The minimum Gasteiger partial charge on any atom is -0.347 e. The van der Waals surface area contributed by atoms with E-state index in [9.17, 15) is 0 Å². The zero-order valence-corrected chi connectivity index (χ0v) is 8.33. The van der Waals surface area contributed by atoms with Crippen LogP contribution in [0.25, 0.3) is 0 Å². The molecule has 0 radical (unpaired) electrons. The first kappa shape index (κ1) is 8.75. The van der Waals surface area contributed by atoms with Gasteiger partial charge in [0.25, 0.3) is 0 Å². The average Bonchev–Trinajstić information content (AvgIpc) is 2.46. The van der Waals surface area contributed by atoms with Gasteiger partial charge in [-0.25, -0.2) is 4.98 Å². The van der Waals surface area contributed by atoms with Crippen LogP contribution in [0.5, 0.6) is 0 Å². The number of nitrogens with one attached hydrogen (secondary N) is 1. The zero-order valence-electron chi connectivity index (χ0n) is 8.33. The maximum Gasteiger partial charge on any atom is 0.0922 e. The summed E-state index contributed by atoms with van der Waals surface area (Å²) in [5, 5.41) is 0. The Morgan fingerprint density at radius 1 is 1.62 bits per heavy atom. The van der Waals surface area contributed by atoms with Gasteiger partial charge in [0, 0.05) is 31.5 Å². The third-order valence-electron chi connectivity index (χ3n) is 2.88. The molecule has 3 nitrogen and oxygen atoms in total. The van der Waals surface area contributed by atoms with Gasteiger partial charge >= 0.3 is 0 Å². The van der Waals surface area contributed by atoms with Crippen molar-refractivity contribution in [2.75, 3.05) is 13.1 Å². The van der Waals surface area contributed by atoms with E-state index in [4.69, 9.17) is 0 Å². The molecule has 0 bridgehead atoms. The number of nitrogens with zero attached hydrogens (tertiary/aromatic N) is 2. The molecule has 1 N–H and O–H groups in total. The summed E-state index contributed by atoms with van der Waals surface area (Å²) in [7, 11) is 0. The second kappa shape index (κ2) is 3.50. The summed E-state index contributed by atoms with van der Waals surface area (Å²) in [4.78, 5) is 9.59. The van der Waals surface area contributed by atoms with Crippen molar-refractivity contribution in [1.82, 2.24) is 14.9 Å². The molecule has 0 spiro atoms. The van der Waals surface area contributed by atoms with Crippen molar-refractivity contribution in [2.24, 2.45) is 11.8 Å². The van der Waals surface area contributed by atoms with Crippen LogP contribution < -0.4 is 0 Å². The number of likely N-dealkylation sites (tertiary alicyclic amines) is 1. The number of aromatic nitrogens is 2. The van der Waals surface area contributed by atoms with Crippen LogP contribution in [0.15, 0.2) is 12.5 Å². The molecule has 1 aromatic rings. The maximum absolute atomic E-state index is 4.01. The molecule has 1 saturated heterocycles. The molecule has 3 heteroatoms. The van der Waals surface area contributed by atoms with Crippen LogP contribution in [-0.4, -0.2) is 28.0 Å². The average molecular weight is 179 g/mol. The standard InChI is InChI=1S/C10H17N3/c1-8(2)9-4-13(5-9)6-10-3-11-7-12-10/h3,7-9H,4-6H2,1-2H3,(H,11,12). The van der Waals surface area contributed by atoms with Gasteiger partial charge in [-0.2, -0.15) is 0 Å². The molecule has 2 heterocycles. The van der Waals surface area contributed by atoms with Crippen molar-refractivity contribution in [3.63, 3.8) is 0 Å². The second-order valence-corrected chi connectivity index (χ2v) is 4.28. The molecule has 0 amide bonds. The molecule has 13 heavy (non-hydrogen) atoms. The molecule has 0 aliphatic carbocycles. The molecule has 1 aliphatic rings. The summed E-state index contributed by atoms with van der Waals surface area (Å²) in [6.07, 6.45) is 3.65. The molecule has 1 fully saturated rings. The van der Waals surface area contributed by atoms with Crippen molar-refractivity contribution >= 4 is 0 Å². The lowest BCUT2D eigenvalue weighted by atomic mass is 9.88. The van der Waals surface area contributed by atoms with Gasteiger partial charge in [-0.05, 0) is 11.8 Å². The quantitative estimate of drug-likeness (QED) is 0.762. The van der Waals surface area contributed by atoms with E-state index >= 15 is 0 Å². The van der Waals surface area contributed by atoms with E-state index in [0.29, 0.717) is 0 Å². The summed E-state index contributed by atoms with van der Waals surface area (Å²) < 4.78 is 0. The Bertz CT molecular complexity index is 247. The first-order chi connectivity index (χ1) is 6.25. The van der Waals surface area contributed by atoms with Crippen molar-refractivity contribution in [2.45, 2.75) is 20.4 Å². The van der Waals surface area contributed by atoms with Crippen LogP contribution in [-0.2, 0) is 6.54 Å². The van der Waals surface area contributed by atoms with E-state index in [1.807, 2.05) is 6.20 Å². The highest BCUT2D eigenvalue weighted by Gasteiger charge is 2.28.